The van der Waals surface area contributed by atoms with Crippen molar-refractivity contribution in [1.82, 2.24) is 15.0 Å². The predicted molar refractivity (Wildman–Crippen MR) is 60.0 cm³/mol. The van der Waals surface area contributed by atoms with E-state index >= 15 is 0 Å². The maximum Gasteiger partial charge on any atom is 0.249 e. The summed E-state index contributed by atoms with van der Waals surface area (Å²) in [5.74, 6) is 0.918. The van der Waals surface area contributed by atoms with Crippen LogP contribution in [0, 0.1) is 0 Å². The van der Waals surface area contributed by atoms with Crippen LogP contribution in [-0.2, 0) is 5.41 Å². The van der Waals surface area contributed by atoms with E-state index in [1.54, 1.807) is 6.07 Å². The molecule has 80 valence electrons. The molecule has 15 heavy (non-hydrogen) atoms. The number of pyridine rings is 1. The zero-order valence-corrected chi connectivity index (χ0v) is 9.22. The molecule has 0 aliphatic rings. The molecule has 4 heteroatoms. The molecule has 0 unspecified atom stereocenters. The summed E-state index contributed by atoms with van der Waals surface area (Å²) in [5, 5.41) is 0. The van der Waals surface area contributed by atoms with Crippen molar-refractivity contribution in [2.24, 2.45) is 0 Å². The molecule has 2 N–H and O–H groups in total. The van der Waals surface area contributed by atoms with Gasteiger partial charge in [0.25, 0.3) is 0 Å². The Balaban J connectivity index is 2.61. The summed E-state index contributed by atoms with van der Waals surface area (Å²) in [5.41, 5.74) is 1.41. The second-order valence-electron chi connectivity index (χ2n) is 4.41. The highest BCUT2D eigenvalue weighted by atomic mass is 16.1. The number of aromatic amines is 2. The SMILES string of the molecule is CCC(C)(C)c1nc2[nH]c(=O)ccc2[nH]1. The normalized spacial score (nSPS) is 12.2. The van der Waals surface area contributed by atoms with Gasteiger partial charge in [0.2, 0.25) is 5.56 Å². The lowest BCUT2D eigenvalue weighted by atomic mass is 9.90. The summed E-state index contributed by atoms with van der Waals surface area (Å²) < 4.78 is 0. The van der Waals surface area contributed by atoms with E-state index in [1.165, 1.54) is 6.07 Å². The Labute approximate surface area is 87.7 Å². The van der Waals surface area contributed by atoms with Gasteiger partial charge < -0.3 is 9.97 Å². The Morgan fingerprint density at radius 3 is 2.73 bits per heavy atom. The molecule has 0 fully saturated rings. The molecule has 0 aliphatic heterocycles. The highest BCUT2D eigenvalue weighted by Crippen LogP contribution is 2.25. The number of aromatic nitrogens is 3. The first kappa shape index (κ1) is 9.96. The van der Waals surface area contributed by atoms with Gasteiger partial charge in [-0.1, -0.05) is 20.8 Å². The summed E-state index contributed by atoms with van der Waals surface area (Å²) in [6, 6.07) is 3.26. The molecule has 0 saturated heterocycles. The lowest BCUT2D eigenvalue weighted by molar-refractivity contribution is 0.479. The van der Waals surface area contributed by atoms with E-state index in [9.17, 15) is 4.79 Å². The van der Waals surface area contributed by atoms with Crippen molar-refractivity contribution < 1.29 is 0 Å². The van der Waals surface area contributed by atoms with E-state index in [2.05, 4.69) is 35.7 Å². The van der Waals surface area contributed by atoms with Crippen molar-refractivity contribution in [2.45, 2.75) is 32.6 Å². The van der Waals surface area contributed by atoms with E-state index in [4.69, 9.17) is 0 Å². The van der Waals surface area contributed by atoms with Crippen molar-refractivity contribution in [3.05, 3.63) is 28.3 Å². The molecule has 2 aromatic rings. The second kappa shape index (κ2) is 3.22. The Bertz CT molecular complexity index is 536. The van der Waals surface area contributed by atoms with Crippen molar-refractivity contribution in [3.8, 4) is 0 Å². The van der Waals surface area contributed by atoms with Gasteiger partial charge in [0.05, 0.1) is 5.52 Å². The minimum absolute atomic E-state index is 0.00983. The van der Waals surface area contributed by atoms with Crippen LogP contribution in [0.1, 0.15) is 33.0 Å². The standard InChI is InChI=1S/C11H15N3O/c1-4-11(2,3)10-12-7-5-6-8(15)13-9(7)14-10/h5-6H,4H2,1-3H3,(H2,12,13,14,15). The average Bonchev–Trinajstić information content (AvgIpc) is 2.61. The Morgan fingerprint density at radius 1 is 1.33 bits per heavy atom. The van der Waals surface area contributed by atoms with Crippen molar-refractivity contribution in [1.29, 1.82) is 0 Å². The molecule has 0 amide bonds. The van der Waals surface area contributed by atoms with Crippen molar-refractivity contribution in [3.63, 3.8) is 0 Å². The second-order valence-corrected chi connectivity index (χ2v) is 4.41. The molecular weight excluding hydrogens is 190 g/mol. The third-order valence-corrected chi connectivity index (χ3v) is 2.90. The number of nitrogens with zero attached hydrogens (tertiary/aromatic N) is 1. The zero-order valence-electron chi connectivity index (χ0n) is 9.22. The molecular formula is C11H15N3O. The van der Waals surface area contributed by atoms with Gasteiger partial charge in [-0.2, -0.15) is 0 Å². The van der Waals surface area contributed by atoms with Crippen LogP contribution >= 0.6 is 0 Å². The van der Waals surface area contributed by atoms with E-state index in [1.807, 2.05) is 0 Å². The van der Waals surface area contributed by atoms with Gasteiger partial charge in [0.15, 0.2) is 5.65 Å². The highest BCUT2D eigenvalue weighted by molar-refractivity contribution is 5.70. The largest absolute Gasteiger partial charge is 0.340 e. The summed E-state index contributed by atoms with van der Waals surface area (Å²) in [6.45, 7) is 6.38. The fourth-order valence-electron chi connectivity index (χ4n) is 1.41. The minimum atomic E-state index is -0.116. The first-order valence-electron chi connectivity index (χ1n) is 5.12. The van der Waals surface area contributed by atoms with Gasteiger partial charge >= 0.3 is 0 Å². The van der Waals surface area contributed by atoms with Gasteiger partial charge in [-0.05, 0) is 12.5 Å². The fraction of sp³-hybridized carbons (Fsp3) is 0.455. The molecule has 0 bridgehead atoms. The lowest BCUT2D eigenvalue weighted by Crippen LogP contribution is -2.17. The van der Waals surface area contributed by atoms with Crippen molar-refractivity contribution >= 4 is 11.2 Å². The van der Waals surface area contributed by atoms with E-state index in [-0.39, 0.29) is 11.0 Å². The van der Waals surface area contributed by atoms with Crippen LogP contribution in [0.4, 0.5) is 0 Å². The van der Waals surface area contributed by atoms with Crippen LogP contribution in [0.25, 0.3) is 11.2 Å². The molecule has 0 saturated carbocycles. The number of hydrogen-bond donors (Lipinski definition) is 2. The summed E-state index contributed by atoms with van der Waals surface area (Å²) in [7, 11) is 0. The zero-order chi connectivity index (χ0) is 11.1. The topological polar surface area (TPSA) is 61.5 Å². The average molecular weight is 205 g/mol. The van der Waals surface area contributed by atoms with Crippen molar-refractivity contribution in [2.75, 3.05) is 0 Å². The first-order valence-corrected chi connectivity index (χ1v) is 5.12. The maximum absolute atomic E-state index is 11.1. The fourth-order valence-corrected chi connectivity index (χ4v) is 1.41. The number of hydrogen-bond acceptors (Lipinski definition) is 2. The predicted octanol–water partition coefficient (Wildman–Crippen LogP) is 1.94. The van der Waals surface area contributed by atoms with Gasteiger partial charge in [-0.3, -0.25) is 4.79 Å². The first-order chi connectivity index (χ1) is 7.03. The van der Waals surface area contributed by atoms with Gasteiger partial charge in [-0.15, -0.1) is 0 Å². The highest BCUT2D eigenvalue weighted by Gasteiger charge is 2.22. The quantitative estimate of drug-likeness (QED) is 0.787. The van der Waals surface area contributed by atoms with E-state index in [0.29, 0.717) is 5.65 Å². The van der Waals surface area contributed by atoms with Crippen LogP contribution in [0.3, 0.4) is 0 Å². The molecule has 4 nitrogen and oxygen atoms in total. The third-order valence-electron chi connectivity index (χ3n) is 2.90. The van der Waals surface area contributed by atoms with E-state index in [0.717, 1.165) is 17.8 Å². The summed E-state index contributed by atoms with van der Waals surface area (Å²) in [6.07, 6.45) is 0.997. The minimum Gasteiger partial charge on any atom is -0.340 e. The number of imidazole rings is 1. The molecule has 2 rings (SSSR count). The molecule has 0 spiro atoms. The van der Waals surface area contributed by atoms with Crippen LogP contribution < -0.4 is 5.56 Å². The number of H-pyrrole nitrogens is 2. The van der Waals surface area contributed by atoms with Crippen LogP contribution in [0.15, 0.2) is 16.9 Å². The molecule has 2 aromatic heterocycles. The third kappa shape index (κ3) is 1.67. The maximum atomic E-state index is 11.1. The smallest absolute Gasteiger partial charge is 0.249 e. The van der Waals surface area contributed by atoms with Crippen LogP contribution in [-0.4, -0.2) is 15.0 Å². The van der Waals surface area contributed by atoms with Gasteiger partial charge in [-0.25, -0.2) is 4.98 Å². The number of nitrogens with one attached hydrogen (secondary N) is 2. The van der Waals surface area contributed by atoms with E-state index < -0.39 is 0 Å². The monoisotopic (exact) mass is 205 g/mol. The lowest BCUT2D eigenvalue weighted by Gasteiger charge is -2.18. The molecule has 0 aliphatic carbocycles. The molecule has 0 radical (unpaired) electrons. The molecule has 0 atom stereocenters. The van der Waals surface area contributed by atoms with Crippen LogP contribution in [0.5, 0.6) is 0 Å². The number of fused-ring (bicyclic) bond motifs is 1. The molecule has 0 aromatic carbocycles. The van der Waals surface area contributed by atoms with Crippen LogP contribution in [0.2, 0.25) is 0 Å². The Morgan fingerprint density at radius 2 is 2.07 bits per heavy atom. The summed E-state index contributed by atoms with van der Waals surface area (Å²) in [4.78, 5) is 21.4. The van der Waals surface area contributed by atoms with Gasteiger partial charge in [0, 0.05) is 11.5 Å². The molecule has 2 heterocycles. The number of rotatable bonds is 2. The Kier molecular flexibility index (Phi) is 2.14. The summed E-state index contributed by atoms with van der Waals surface area (Å²) >= 11 is 0. The van der Waals surface area contributed by atoms with Gasteiger partial charge in [0.1, 0.15) is 5.82 Å². The Hall–Kier alpha value is -1.58.